The number of amides is 1. The zero-order valence-electron chi connectivity index (χ0n) is 12.5. The molecule has 3 rings (SSSR count). The number of aryl methyl sites for hydroxylation is 1. The Bertz CT molecular complexity index is 589. The van der Waals surface area contributed by atoms with E-state index >= 15 is 0 Å². The number of carbonyl (C=O) groups excluding carboxylic acids is 1. The van der Waals surface area contributed by atoms with Gasteiger partial charge in [0.25, 0.3) is 5.91 Å². The summed E-state index contributed by atoms with van der Waals surface area (Å²) in [7, 11) is 3.90. The molecule has 2 aliphatic rings. The van der Waals surface area contributed by atoms with Gasteiger partial charge in [-0.2, -0.15) is 5.26 Å². The highest BCUT2D eigenvalue weighted by atomic mass is 16.5. The summed E-state index contributed by atoms with van der Waals surface area (Å²) in [6, 6.07) is 3.83. The SMILES string of the molecule is CN1C[C@@H]2COC[C@H](C1)N(C(=O)c1cc(C#N)cn1C)C2. The minimum absolute atomic E-state index is 0.00481. The van der Waals surface area contributed by atoms with Gasteiger partial charge >= 0.3 is 0 Å². The molecule has 0 unspecified atom stereocenters. The summed E-state index contributed by atoms with van der Waals surface area (Å²) in [6.07, 6.45) is 1.69. The molecule has 0 aromatic carbocycles. The van der Waals surface area contributed by atoms with Gasteiger partial charge in [0.1, 0.15) is 11.8 Å². The van der Waals surface area contributed by atoms with Crippen molar-refractivity contribution in [1.29, 1.82) is 5.26 Å². The Hall–Kier alpha value is -1.84. The highest BCUT2D eigenvalue weighted by Crippen LogP contribution is 2.21. The van der Waals surface area contributed by atoms with Crippen LogP contribution in [0.1, 0.15) is 16.1 Å². The molecule has 0 radical (unpaired) electrons. The zero-order valence-corrected chi connectivity index (χ0v) is 12.5. The maximum atomic E-state index is 12.9. The summed E-state index contributed by atoms with van der Waals surface area (Å²) in [6.45, 7) is 3.80. The van der Waals surface area contributed by atoms with Crippen molar-refractivity contribution in [1.82, 2.24) is 14.4 Å². The van der Waals surface area contributed by atoms with Crippen molar-refractivity contribution in [3.8, 4) is 6.07 Å². The number of hydrogen-bond acceptors (Lipinski definition) is 4. The van der Waals surface area contributed by atoms with Gasteiger partial charge in [-0.3, -0.25) is 4.79 Å². The van der Waals surface area contributed by atoms with E-state index < -0.39 is 0 Å². The van der Waals surface area contributed by atoms with Gasteiger partial charge < -0.3 is 19.1 Å². The standard InChI is InChI=1S/C15H20N4O2/c1-17-5-12-7-19(13(8-17)10-21-9-12)15(20)14-3-11(4-16)6-18(14)2/h3,6,12-13H,5,7-10H2,1-2H3/t12-,13-/m0/s1. The molecule has 21 heavy (non-hydrogen) atoms. The normalized spacial score (nSPS) is 26.2. The van der Waals surface area contributed by atoms with Crippen LogP contribution in [0.5, 0.6) is 0 Å². The van der Waals surface area contributed by atoms with Gasteiger partial charge in [-0.1, -0.05) is 0 Å². The molecule has 2 saturated heterocycles. The largest absolute Gasteiger partial charge is 0.379 e. The fourth-order valence-corrected chi connectivity index (χ4v) is 3.31. The van der Waals surface area contributed by atoms with Crippen molar-refractivity contribution < 1.29 is 9.53 Å². The number of aromatic nitrogens is 1. The Kier molecular flexibility index (Phi) is 3.70. The molecular weight excluding hydrogens is 268 g/mol. The third-order valence-corrected chi connectivity index (χ3v) is 4.27. The van der Waals surface area contributed by atoms with Gasteiger partial charge in [-0.05, 0) is 13.1 Å². The van der Waals surface area contributed by atoms with Crippen molar-refractivity contribution >= 4 is 5.91 Å². The Labute approximate surface area is 124 Å². The van der Waals surface area contributed by atoms with E-state index in [0.29, 0.717) is 30.4 Å². The maximum absolute atomic E-state index is 12.9. The van der Waals surface area contributed by atoms with E-state index in [9.17, 15) is 4.79 Å². The summed E-state index contributed by atoms with van der Waals surface area (Å²) in [5.74, 6) is 0.344. The molecule has 2 bridgehead atoms. The Morgan fingerprint density at radius 2 is 2.14 bits per heavy atom. The number of nitriles is 1. The summed E-state index contributed by atoms with van der Waals surface area (Å²) in [5, 5.41) is 8.98. The highest BCUT2D eigenvalue weighted by Gasteiger charge is 2.35. The Morgan fingerprint density at radius 1 is 1.33 bits per heavy atom. The fourth-order valence-electron chi connectivity index (χ4n) is 3.31. The van der Waals surface area contributed by atoms with Gasteiger partial charge in [0.15, 0.2) is 0 Å². The van der Waals surface area contributed by atoms with Crippen LogP contribution in [0.4, 0.5) is 0 Å². The lowest BCUT2D eigenvalue weighted by Crippen LogP contribution is -2.46. The zero-order chi connectivity index (χ0) is 15.0. The molecule has 2 aliphatic heterocycles. The lowest BCUT2D eigenvalue weighted by Gasteiger charge is -2.29. The van der Waals surface area contributed by atoms with Crippen LogP contribution < -0.4 is 0 Å². The minimum atomic E-state index is -0.00481. The molecule has 1 aromatic rings. The first-order chi connectivity index (χ1) is 10.1. The van der Waals surface area contributed by atoms with Crippen LogP contribution in [-0.4, -0.2) is 66.2 Å². The highest BCUT2D eigenvalue weighted by molar-refractivity contribution is 5.93. The van der Waals surface area contributed by atoms with Crippen LogP contribution in [0, 0.1) is 17.2 Å². The third kappa shape index (κ3) is 2.67. The average Bonchev–Trinajstić information content (AvgIpc) is 2.60. The van der Waals surface area contributed by atoms with Crippen LogP contribution >= 0.6 is 0 Å². The number of nitrogens with zero attached hydrogens (tertiary/aromatic N) is 4. The van der Waals surface area contributed by atoms with Crippen LogP contribution in [-0.2, 0) is 11.8 Å². The molecule has 0 saturated carbocycles. The first-order valence-electron chi connectivity index (χ1n) is 7.22. The maximum Gasteiger partial charge on any atom is 0.270 e. The molecule has 1 aromatic heterocycles. The number of rotatable bonds is 1. The molecule has 3 heterocycles. The number of ether oxygens (including phenoxy) is 1. The van der Waals surface area contributed by atoms with Gasteiger partial charge in [-0.25, -0.2) is 0 Å². The molecule has 112 valence electrons. The van der Waals surface area contributed by atoms with Gasteiger partial charge in [-0.15, -0.1) is 0 Å². The van der Waals surface area contributed by atoms with Gasteiger partial charge in [0.2, 0.25) is 0 Å². The number of likely N-dealkylation sites (N-methyl/N-ethyl adjacent to an activating group) is 1. The average molecular weight is 288 g/mol. The topological polar surface area (TPSA) is 61.5 Å². The quantitative estimate of drug-likeness (QED) is 0.745. The molecule has 0 N–H and O–H groups in total. The molecule has 1 amide bonds. The molecule has 0 aliphatic carbocycles. The smallest absolute Gasteiger partial charge is 0.270 e. The van der Waals surface area contributed by atoms with Crippen molar-refractivity contribution in [3.63, 3.8) is 0 Å². The number of carbonyl (C=O) groups is 1. The molecular formula is C15H20N4O2. The molecule has 2 atom stereocenters. The second-order valence-electron chi connectivity index (χ2n) is 6.07. The first kappa shape index (κ1) is 14.1. The van der Waals surface area contributed by atoms with E-state index in [0.717, 1.165) is 19.6 Å². The Balaban J connectivity index is 1.89. The van der Waals surface area contributed by atoms with Crippen LogP contribution in [0.25, 0.3) is 0 Å². The van der Waals surface area contributed by atoms with Crippen LogP contribution in [0.2, 0.25) is 0 Å². The lowest BCUT2D eigenvalue weighted by atomic mass is 10.1. The third-order valence-electron chi connectivity index (χ3n) is 4.27. The lowest BCUT2D eigenvalue weighted by molar-refractivity contribution is 0.0478. The molecule has 2 fully saturated rings. The van der Waals surface area contributed by atoms with E-state index in [1.54, 1.807) is 23.9 Å². The van der Waals surface area contributed by atoms with E-state index in [-0.39, 0.29) is 11.9 Å². The summed E-state index contributed by atoms with van der Waals surface area (Å²) in [5.41, 5.74) is 1.09. The second kappa shape index (κ2) is 5.51. The van der Waals surface area contributed by atoms with Crippen molar-refractivity contribution in [2.75, 3.05) is 39.9 Å². The second-order valence-corrected chi connectivity index (χ2v) is 6.07. The number of hydrogen-bond donors (Lipinski definition) is 0. The summed E-state index contributed by atoms with van der Waals surface area (Å²) in [4.78, 5) is 17.1. The number of fused-ring (bicyclic) bond motifs is 3. The summed E-state index contributed by atoms with van der Waals surface area (Å²) >= 11 is 0. The first-order valence-corrected chi connectivity index (χ1v) is 7.22. The van der Waals surface area contributed by atoms with Crippen molar-refractivity contribution in [2.24, 2.45) is 13.0 Å². The minimum Gasteiger partial charge on any atom is -0.379 e. The van der Waals surface area contributed by atoms with Gasteiger partial charge in [0.05, 0.1) is 24.8 Å². The van der Waals surface area contributed by atoms with Crippen LogP contribution in [0.15, 0.2) is 12.3 Å². The van der Waals surface area contributed by atoms with E-state index in [2.05, 4.69) is 18.0 Å². The van der Waals surface area contributed by atoms with E-state index in [4.69, 9.17) is 10.00 Å². The van der Waals surface area contributed by atoms with Crippen molar-refractivity contribution in [2.45, 2.75) is 6.04 Å². The monoisotopic (exact) mass is 288 g/mol. The predicted octanol–water partition coefficient (Wildman–Crippen LogP) is 0.299. The van der Waals surface area contributed by atoms with Crippen molar-refractivity contribution in [3.05, 3.63) is 23.5 Å². The fraction of sp³-hybridized carbons (Fsp3) is 0.600. The Morgan fingerprint density at radius 3 is 2.86 bits per heavy atom. The molecule has 6 heteroatoms. The van der Waals surface area contributed by atoms with E-state index in [1.165, 1.54) is 0 Å². The van der Waals surface area contributed by atoms with E-state index in [1.807, 2.05) is 4.90 Å². The summed E-state index contributed by atoms with van der Waals surface area (Å²) < 4.78 is 7.44. The van der Waals surface area contributed by atoms with Crippen LogP contribution in [0.3, 0.4) is 0 Å². The van der Waals surface area contributed by atoms with Gasteiger partial charge in [0, 0.05) is 38.8 Å². The molecule has 6 nitrogen and oxygen atoms in total. The molecule has 0 spiro atoms. The predicted molar refractivity (Wildman–Crippen MR) is 76.8 cm³/mol.